The van der Waals surface area contributed by atoms with Gasteiger partial charge >= 0.3 is 0 Å². The van der Waals surface area contributed by atoms with Crippen molar-refractivity contribution < 1.29 is 9.53 Å². The normalized spacial score (nSPS) is 11.6. The van der Waals surface area contributed by atoms with Crippen LogP contribution < -0.4 is 10.2 Å². The summed E-state index contributed by atoms with van der Waals surface area (Å²) < 4.78 is 7.92. The lowest BCUT2D eigenvalue weighted by Gasteiger charge is -2.07. The molecule has 1 heterocycles. The summed E-state index contributed by atoms with van der Waals surface area (Å²) in [5, 5.41) is 13.2. The number of thioether (sulfide) groups is 1. The first-order valence-electron chi connectivity index (χ1n) is 9.55. The number of nitrogens with one attached hydrogen (secondary N) is 1. The smallest absolute Gasteiger partial charge is 0.250 e. The highest BCUT2D eigenvalue weighted by Gasteiger charge is 2.14. The third-order valence-electron chi connectivity index (χ3n) is 4.19. The maximum atomic E-state index is 12.2. The number of halogens is 1. The van der Waals surface area contributed by atoms with Crippen molar-refractivity contribution in [3.05, 3.63) is 64.6 Å². The standard InChI is InChI=1S/C22H22BrN5O2S/c1-3-28-21(17-9-11-19(30-2)12-10-17)26-27-22(28)31-15-20(29)25-24-14-18(23)13-16-7-5-4-6-8-16/h4-14H,3,15H2,1-2H3,(H,25,29)/b18-13-,24-14+. The molecule has 7 nitrogen and oxygen atoms in total. The highest BCUT2D eigenvalue weighted by Crippen LogP contribution is 2.25. The Morgan fingerprint density at radius 2 is 1.94 bits per heavy atom. The Hall–Kier alpha value is -2.91. The average Bonchev–Trinajstić information content (AvgIpc) is 3.21. The third-order valence-corrected chi connectivity index (χ3v) is 5.60. The van der Waals surface area contributed by atoms with Crippen molar-refractivity contribution in [3.63, 3.8) is 0 Å². The van der Waals surface area contributed by atoms with Crippen LogP contribution in [0.3, 0.4) is 0 Å². The fourth-order valence-corrected chi connectivity index (χ4v) is 3.87. The quantitative estimate of drug-likeness (QED) is 0.264. The zero-order chi connectivity index (χ0) is 22.1. The van der Waals surface area contributed by atoms with E-state index in [1.165, 1.54) is 11.8 Å². The van der Waals surface area contributed by atoms with E-state index in [2.05, 4.69) is 36.7 Å². The van der Waals surface area contributed by atoms with Crippen LogP contribution in [0.15, 0.2) is 69.3 Å². The number of hydrogen-bond donors (Lipinski definition) is 1. The topological polar surface area (TPSA) is 81.4 Å². The molecular formula is C22H22BrN5O2S. The Balaban J connectivity index is 1.56. The molecule has 160 valence electrons. The number of hydrogen-bond acceptors (Lipinski definition) is 6. The number of hydrazone groups is 1. The lowest BCUT2D eigenvalue weighted by molar-refractivity contribution is -0.118. The molecule has 0 unspecified atom stereocenters. The summed E-state index contributed by atoms with van der Waals surface area (Å²) in [4.78, 5) is 12.2. The van der Waals surface area contributed by atoms with Gasteiger partial charge in [0.2, 0.25) is 0 Å². The lowest BCUT2D eigenvalue weighted by Crippen LogP contribution is -2.19. The number of nitrogens with zero attached hydrogens (tertiary/aromatic N) is 4. The van der Waals surface area contributed by atoms with E-state index in [1.54, 1.807) is 13.3 Å². The number of benzene rings is 2. The lowest BCUT2D eigenvalue weighted by atomic mass is 10.2. The van der Waals surface area contributed by atoms with Crippen LogP contribution in [-0.4, -0.2) is 39.7 Å². The highest BCUT2D eigenvalue weighted by atomic mass is 79.9. The number of aromatic nitrogens is 3. The monoisotopic (exact) mass is 499 g/mol. The van der Waals surface area contributed by atoms with Crippen LogP contribution in [-0.2, 0) is 11.3 Å². The van der Waals surface area contributed by atoms with Crippen molar-refractivity contribution in [1.82, 2.24) is 20.2 Å². The van der Waals surface area contributed by atoms with Gasteiger partial charge in [-0.1, -0.05) is 42.1 Å². The maximum absolute atomic E-state index is 12.2. The molecule has 31 heavy (non-hydrogen) atoms. The Morgan fingerprint density at radius 3 is 2.61 bits per heavy atom. The fraction of sp³-hybridized carbons (Fsp3) is 0.182. The second-order valence-electron chi connectivity index (χ2n) is 6.30. The molecule has 0 radical (unpaired) electrons. The molecule has 0 bridgehead atoms. The van der Waals surface area contributed by atoms with Crippen LogP contribution in [0, 0.1) is 0 Å². The minimum atomic E-state index is -0.224. The molecular weight excluding hydrogens is 478 g/mol. The van der Waals surface area contributed by atoms with Gasteiger partial charge in [-0.2, -0.15) is 5.10 Å². The molecule has 2 aromatic carbocycles. The molecule has 1 aromatic heterocycles. The molecule has 0 aliphatic heterocycles. The van der Waals surface area contributed by atoms with Gasteiger partial charge < -0.3 is 9.30 Å². The molecule has 9 heteroatoms. The van der Waals surface area contributed by atoms with Crippen molar-refractivity contribution in [2.45, 2.75) is 18.6 Å². The molecule has 1 N–H and O–H groups in total. The Labute approximate surface area is 193 Å². The summed E-state index contributed by atoms with van der Waals surface area (Å²) >= 11 is 4.74. The summed E-state index contributed by atoms with van der Waals surface area (Å²) in [6.07, 6.45) is 3.46. The van der Waals surface area contributed by atoms with Gasteiger partial charge in [-0.05, 0) is 58.8 Å². The molecule has 0 aliphatic carbocycles. The first-order chi connectivity index (χ1) is 15.1. The predicted octanol–water partition coefficient (Wildman–Crippen LogP) is 4.60. The Kier molecular flexibility index (Phi) is 8.43. The van der Waals surface area contributed by atoms with E-state index in [0.717, 1.165) is 27.2 Å². The minimum Gasteiger partial charge on any atom is -0.497 e. The third kappa shape index (κ3) is 6.53. The van der Waals surface area contributed by atoms with Crippen molar-refractivity contribution in [2.75, 3.05) is 12.9 Å². The Morgan fingerprint density at radius 1 is 1.19 bits per heavy atom. The van der Waals surface area contributed by atoms with E-state index in [1.807, 2.05) is 72.2 Å². The summed E-state index contributed by atoms with van der Waals surface area (Å²) in [5.74, 6) is 1.49. The first-order valence-corrected chi connectivity index (χ1v) is 11.3. The number of carbonyl (C=O) groups is 1. The van der Waals surface area contributed by atoms with Gasteiger partial charge in [0.05, 0.1) is 19.1 Å². The number of rotatable bonds is 9. The molecule has 0 fully saturated rings. The van der Waals surface area contributed by atoms with Crippen LogP contribution in [0.4, 0.5) is 0 Å². The van der Waals surface area contributed by atoms with Gasteiger partial charge in [-0.25, -0.2) is 5.43 Å². The summed E-state index contributed by atoms with van der Waals surface area (Å²) in [5.41, 5.74) is 4.50. The number of allylic oxidation sites excluding steroid dienone is 1. The van der Waals surface area contributed by atoms with Crippen molar-refractivity contribution in [2.24, 2.45) is 5.10 Å². The summed E-state index contributed by atoms with van der Waals surface area (Å²) in [7, 11) is 1.63. The van der Waals surface area contributed by atoms with Crippen LogP contribution >= 0.6 is 27.7 Å². The number of methoxy groups -OCH3 is 1. The average molecular weight is 500 g/mol. The molecule has 0 saturated carbocycles. The van der Waals surface area contributed by atoms with E-state index in [4.69, 9.17) is 4.74 Å². The van der Waals surface area contributed by atoms with Crippen molar-refractivity contribution in [1.29, 1.82) is 0 Å². The highest BCUT2D eigenvalue weighted by molar-refractivity contribution is 9.12. The second kappa shape index (κ2) is 11.5. The molecule has 0 aliphatic rings. The number of ether oxygens (including phenoxy) is 1. The van der Waals surface area contributed by atoms with E-state index in [9.17, 15) is 4.79 Å². The van der Waals surface area contributed by atoms with Crippen LogP contribution in [0.1, 0.15) is 12.5 Å². The summed E-state index contributed by atoms with van der Waals surface area (Å²) in [6, 6.07) is 17.5. The largest absolute Gasteiger partial charge is 0.497 e. The molecule has 3 aromatic rings. The summed E-state index contributed by atoms with van der Waals surface area (Å²) in [6.45, 7) is 2.70. The van der Waals surface area contributed by atoms with Gasteiger partial charge in [-0.15, -0.1) is 10.2 Å². The van der Waals surface area contributed by atoms with Gasteiger partial charge in [0.25, 0.3) is 5.91 Å². The molecule has 1 amide bonds. The van der Waals surface area contributed by atoms with E-state index in [-0.39, 0.29) is 11.7 Å². The van der Waals surface area contributed by atoms with E-state index in [0.29, 0.717) is 11.7 Å². The van der Waals surface area contributed by atoms with Gasteiger partial charge in [0.1, 0.15) is 5.75 Å². The van der Waals surface area contributed by atoms with E-state index < -0.39 is 0 Å². The molecule has 0 atom stereocenters. The molecule has 3 rings (SSSR count). The first kappa shape index (κ1) is 22.8. The van der Waals surface area contributed by atoms with Crippen LogP contribution in [0.2, 0.25) is 0 Å². The van der Waals surface area contributed by atoms with Gasteiger partial charge in [-0.3, -0.25) is 4.79 Å². The van der Waals surface area contributed by atoms with Crippen molar-refractivity contribution in [3.8, 4) is 17.1 Å². The zero-order valence-corrected chi connectivity index (χ0v) is 19.6. The number of carbonyl (C=O) groups excluding carboxylic acids is 1. The van der Waals surface area contributed by atoms with Crippen LogP contribution in [0.5, 0.6) is 5.75 Å². The van der Waals surface area contributed by atoms with Crippen molar-refractivity contribution >= 4 is 45.9 Å². The van der Waals surface area contributed by atoms with Gasteiger partial charge in [0, 0.05) is 16.6 Å². The SMILES string of the molecule is CCn1c(SCC(=O)N/N=C/C(Br)=C/c2ccccc2)nnc1-c1ccc(OC)cc1. The Bertz CT molecular complexity index is 1070. The molecule has 0 saturated heterocycles. The maximum Gasteiger partial charge on any atom is 0.250 e. The molecule has 0 spiro atoms. The van der Waals surface area contributed by atoms with E-state index >= 15 is 0 Å². The second-order valence-corrected chi connectivity index (χ2v) is 8.16. The predicted molar refractivity (Wildman–Crippen MR) is 128 cm³/mol. The van der Waals surface area contributed by atoms with Crippen LogP contribution in [0.25, 0.3) is 17.5 Å². The number of amides is 1. The fourth-order valence-electron chi connectivity index (χ4n) is 2.71. The van der Waals surface area contributed by atoms with Gasteiger partial charge in [0.15, 0.2) is 11.0 Å². The zero-order valence-electron chi connectivity index (χ0n) is 17.2. The minimum absolute atomic E-state index is 0.179.